The molecule has 4 nitrogen and oxygen atoms in total. The molecule has 0 saturated carbocycles. The molecule has 0 spiro atoms. The first kappa shape index (κ1) is 17.0. The van der Waals surface area contributed by atoms with E-state index in [1.807, 2.05) is 18.2 Å². The normalized spacial score (nSPS) is 12.1. The molecule has 0 aliphatic carbocycles. The Bertz CT molecular complexity index is 633. The average Bonchev–Trinajstić information content (AvgIpc) is 2.42. The van der Waals surface area contributed by atoms with Gasteiger partial charge in [-0.25, -0.2) is 9.97 Å². The Balaban J connectivity index is 1.89. The van der Waals surface area contributed by atoms with E-state index in [1.165, 1.54) is 18.3 Å². The largest absolute Gasteiger partial charge is 0.401 e. The van der Waals surface area contributed by atoms with E-state index in [4.69, 9.17) is 0 Å². The van der Waals surface area contributed by atoms with Crippen LogP contribution in [0.4, 0.5) is 19.0 Å². The molecular weight excluding hydrogens is 361 g/mol. The number of rotatable bonds is 6. The maximum absolute atomic E-state index is 12.2. The molecule has 0 unspecified atom stereocenters. The van der Waals surface area contributed by atoms with E-state index < -0.39 is 12.7 Å². The summed E-state index contributed by atoms with van der Waals surface area (Å²) in [4.78, 5) is 9.62. The molecule has 1 aromatic heterocycles. The van der Waals surface area contributed by atoms with Gasteiger partial charge < -0.3 is 5.32 Å². The Kier molecular flexibility index (Phi) is 5.57. The van der Waals surface area contributed by atoms with E-state index in [9.17, 15) is 13.2 Å². The third-order valence-corrected chi connectivity index (χ3v) is 3.55. The van der Waals surface area contributed by atoms with Gasteiger partial charge in [-0.3, -0.25) is 4.90 Å². The summed E-state index contributed by atoms with van der Waals surface area (Å²) in [7, 11) is 1.46. The smallest absolute Gasteiger partial charge is 0.369 e. The van der Waals surface area contributed by atoms with Gasteiger partial charge in [0.25, 0.3) is 0 Å². The van der Waals surface area contributed by atoms with Crippen molar-refractivity contribution in [2.75, 3.05) is 32.0 Å². The lowest BCUT2D eigenvalue weighted by Gasteiger charge is -2.18. The molecule has 0 aliphatic rings. The monoisotopic (exact) mass is 376 g/mol. The van der Waals surface area contributed by atoms with Crippen LogP contribution in [0.15, 0.2) is 29.0 Å². The second kappa shape index (κ2) is 7.23. The number of benzene rings is 1. The first-order valence-electron chi connectivity index (χ1n) is 6.74. The van der Waals surface area contributed by atoms with Crippen molar-refractivity contribution >= 4 is 32.7 Å². The van der Waals surface area contributed by atoms with Crippen molar-refractivity contribution in [3.8, 4) is 0 Å². The fraction of sp³-hybridized carbons (Fsp3) is 0.429. The number of alkyl halides is 3. The molecule has 0 bridgehead atoms. The van der Waals surface area contributed by atoms with Crippen LogP contribution in [0, 0.1) is 0 Å². The molecule has 0 aliphatic heterocycles. The summed E-state index contributed by atoms with van der Waals surface area (Å²) in [5, 5.41) is 4.03. The van der Waals surface area contributed by atoms with Gasteiger partial charge in [-0.2, -0.15) is 13.2 Å². The van der Waals surface area contributed by atoms with Crippen LogP contribution < -0.4 is 5.32 Å². The molecular formula is C14H16BrF3N4. The topological polar surface area (TPSA) is 41.0 Å². The SMILES string of the molecule is CN(CCCNc1ncnc2ccc(Br)cc12)CC(F)(F)F. The minimum atomic E-state index is -4.16. The molecule has 1 N–H and O–H groups in total. The number of nitrogens with zero attached hydrogens (tertiary/aromatic N) is 3. The minimum absolute atomic E-state index is 0.360. The highest BCUT2D eigenvalue weighted by Gasteiger charge is 2.28. The van der Waals surface area contributed by atoms with Crippen molar-refractivity contribution in [1.29, 1.82) is 0 Å². The molecule has 0 fully saturated rings. The first-order valence-corrected chi connectivity index (χ1v) is 7.54. The highest BCUT2D eigenvalue weighted by Crippen LogP contribution is 2.23. The highest BCUT2D eigenvalue weighted by molar-refractivity contribution is 9.10. The maximum Gasteiger partial charge on any atom is 0.401 e. The summed E-state index contributed by atoms with van der Waals surface area (Å²) < 4.78 is 37.6. The van der Waals surface area contributed by atoms with Crippen molar-refractivity contribution in [3.05, 3.63) is 29.0 Å². The number of aromatic nitrogens is 2. The van der Waals surface area contributed by atoms with Gasteiger partial charge in [0, 0.05) is 16.4 Å². The Morgan fingerprint density at radius 3 is 2.77 bits per heavy atom. The number of fused-ring (bicyclic) bond motifs is 1. The summed E-state index contributed by atoms with van der Waals surface area (Å²) in [5.74, 6) is 0.685. The quantitative estimate of drug-likeness (QED) is 0.780. The van der Waals surface area contributed by atoms with Crippen LogP contribution in [-0.2, 0) is 0 Å². The lowest BCUT2D eigenvalue weighted by atomic mass is 10.2. The number of nitrogens with one attached hydrogen (secondary N) is 1. The van der Waals surface area contributed by atoms with Gasteiger partial charge >= 0.3 is 6.18 Å². The van der Waals surface area contributed by atoms with Crippen LogP contribution in [0.1, 0.15) is 6.42 Å². The van der Waals surface area contributed by atoms with Gasteiger partial charge in [0.2, 0.25) is 0 Å². The summed E-state index contributed by atoms with van der Waals surface area (Å²) in [5.41, 5.74) is 0.815. The Morgan fingerprint density at radius 1 is 1.27 bits per heavy atom. The summed E-state index contributed by atoms with van der Waals surface area (Å²) in [6, 6.07) is 5.68. The molecule has 0 atom stereocenters. The van der Waals surface area contributed by atoms with Crippen LogP contribution >= 0.6 is 15.9 Å². The third-order valence-electron chi connectivity index (χ3n) is 3.06. The molecule has 1 heterocycles. The van der Waals surface area contributed by atoms with Crippen molar-refractivity contribution in [2.45, 2.75) is 12.6 Å². The van der Waals surface area contributed by atoms with Crippen LogP contribution in [0.25, 0.3) is 10.9 Å². The van der Waals surface area contributed by atoms with Crippen molar-refractivity contribution in [1.82, 2.24) is 14.9 Å². The van der Waals surface area contributed by atoms with E-state index in [-0.39, 0.29) is 0 Å². The van der Waals surface area contributed by atoms with Crippen molar-refractivity contribution in [3.63, 3.8) is 0 Å². The van der Waals surface area contributed by atoms with Crippen LogP contribution in [-0.4, -0.2) is 47.7 Å². The Morgan fingerprint density at radius 2 is 2.05 bits per heavy atom. The average molecular weight is 377 g/mol. The second-order valence-electron chi connectivity index (χ2n) is 5.02. The van der Waals surface area contributed by atoms with E-state index in [0.717, 1.165) is 15.4 Å². The number of hydrogen-bond acceptors (Lipinski definition) is 4. The summed E-state index contributed by atoms with van der Waals surface area (Å²) in [6.07, 6.45) is -2.10. The molecule has 0 saturated heterocycles. The lowest BCUT2D eigenvalue weighted by Crippen LogP contribution is -2.32. The molecule has 2 rings (SSSR count). The molecule has 8 heteroatoms. The summed E-state index contributed by atoms with van der Waals surface area (Å²) in [6.45, 7) is 0.0103. The predicted molar refractivity (Wildman–Crippen MR) is 83.9 cm³/mol. The van der Waals surface area contributed by atoms with Crippen LogP contribution in [0.2, 0.25) is 0 Å². The van der Waals surface area contributed by atoms with Crippen molar-refractivity contribution in [2.24, 2.45) is 0 Å². The molecule has 1 aromatic carbocycles. The van der Waals surface area contributed by atoms with Gasteiger partial charge in [-0.05, 0) is 38.2 Å². The number of halogens is 4. The van der Waals surface area contributed by atoms with Crippen molar-refractivity contribution < 1.29 is 13.2 Å². The Labute approximate surface area is 134 Å². The predicted octanol–water partition coefficient (Wildman–Crippen LogP) is 3.69. The zero-order valence-electron chi connectivity index (χ0n) is 12.0. The fourth-order valence-electron chi connectivity index (χ4n) is 2.11. The zero-order valence-corrected chi connectivity index (χ0v) is 13.6. The highest BCUT2D eigenvalue weighted by atomic mass is 79.9. The van der Waals surface area contributed by atoms with Crippen LogP contribution in [0.5, 0.6) is 0 Å². The van der Waals surface area contributed by atoms with Gasteiger partial charge in [0.15, 0.2) is 0 Å². The van der Waals surface area contributed by atoms with E-state index in [2.05, 4.69) is 31.2 Å². The Hall–Kier alpha value is -1.41. The summed E-state index contributed by atoms with van der Waals surface area (Å²) >= 11 is 3.40. The van der Waals surface area contributed by atoms with E-state index in [0.29, 0.717) is 25.3 Å². The third kappa shape index (κ3) is 5.10. The number of anilines is 1. The maximum atomic E-state index is 12.2. The van der Waals surface area contributed by atoms with Gasteiger partial charge in [-0.15, -0.1) is 0 Å². The molecule has 120 valence electrons. The van der Waals surface area contributed by atoms with E-state index >= 15 is 0 Å². The fourth-order valence-corrected chi connectivity index (χ4v) is 2.47. The lowest BCUT2D eigenvalue weighted by molar-refractivity contribution is -0.142. The number of hydrogen-bond donors (Lipinski definition) is 1. The zero-order chi connectivity index (χ0) is 16.2. The molecule has 0 radical (unpaired) electrons. The second-order valence-corrected chi connectivity index (χ2v) is 5.93. The van der Waals surface area contributed by atoms with E-state index in [1.54, 1.807) is 0 Å². The molecule has 0 amide bonds. The van der Waals surface area contributed by atoms with Gasteiger partial charge in [0.1, 0.15) is 12.1 Å². The van der Waals surface area contributed by atoms with Crippen LogP contribution in [0.3, 0.4) is 0 Å². The van der Waals surface area contributed by atoms with Gasteiger partial charge in [-0.1, -0.05) is 15.9 Å². The molecule has 22 heavy (non-hydrogen) atoms. The minimum Gasteiger partial charge on any atom is -0.369 e. The van der Waals surface area contributed by atoms with Gasteiger partial charge in [0.05, 0.1) is 12.1 Å². The first-order chi connectivity index (χ1) is 10.3. The standard InChI is InChI=1S/C14H16BrF3N4/c1-22(8-14(16,17)18)6-2-5-19-13-11-7-10(15)3-4-12(11)20-9-21-13/h3-4,7,9H,2,5-6,8H2,1H3,(H,19,20,21). The molecule has 2 aromatic rings.